The van der Waals surface area contributed by atoms with E-state index in [9.17, 15) is 0 Å². The van der Waals surface area contributed by atoms with Gasteiger partial charge in [0.05, 0.1) is 0 Å². The standard InChI is InChI=1S/C25H32N2/c1-17-4-9-21(10-5-17)26-22-11-8-20-14-24-18(2)25(3,23(20)15-22)12-13-27(24)16-19-6-7-19/h4-5,8-11,15,18-19,24,26H,6-7,12-14,16H2,1-3H3/t18-,24+,25+/m0/s1. The third kappa shape index (κ3) is 3.08. The van der Waals surface area contributed by atoms with Crippen LogP contribution in [-0.4, -0.2) is 24.0 Å². The summed E-state index contributed by atoms with van der Waals surface area (Å²) in [4.78, 5) is 2.82. The number of anilines is 2. The maximum atomic E-state index is 3.62. The number of aryl methyl sites for hydroxylation is 1. The molecule has 1 N–H and O–H groups in total. The summed E-state index contributed by atoms with van der Waals surface area (Å²) in [5.74, 6) is 1.72. The molecule has 1 aliphatic heterocycles. The van der Waals surface area contributed by atoms with Crippen molar-refractivity contribution in [1.29, 1.82) is 0 Å². The van der Waals surface area contributed by atoms with E-state index in [0.29, 0.717) is 5.41 Å². The Balaban J connectivity index is 1.43. The molecule has 0 unspecified atom stereocenters. The second kappa shape index (κ2) is 6.38. The summed E-state index contributed by atoms with van der Waals surface area (Å²) >= 11 is 0. The molecule has 27 heavy (non-hydrogen) atoms. The third-order valence-electron chi connectivity index (χ3n) is 7.65. The molecule has 3 aliphatic rings. The topological polar surface area (TPSA) is 15.3 Å². The molecule has 1 saturated heterocycles. The highest BCUT2D eigenvalue weighted by Gasteiger charge is 2.48. The van der Waals surface area contributed by atoms with E-state index in [4.69, 9.17) is 0 Å². The summed E-state index contributed by atoms with van der Waals surface area (Å²) in [6, 6.07) is 16.5. The zero-order valence-corrected chi connectivity index (χ0v) is 17.0. The van der Waals surface area contributed by atoms with Gasteiger partial charge in [0.25, 0.3) is 0 Å². The fraction of sp³-hybridized carbons (Fsp3) is 0.520. The zero-order chi connectivity index (χ0) is 18.6. The maximum Gasteiger partial charge on any atom is 0.0387 e. The summed E-state index contributed by atoms with van der Waals surface area (Å²) in [6.45, 7) is 9.78. The molecule has 2 aromatic rings. The van der Waals surface area contributed by atoms with Gasteiger partial charge in [0, 0.05) is 24.0 Å². The number of hydrogen-bond donors (Lipinski definition) is 1. The van der Waals surface area contributed by atoms with Crippen molar-refractivity contribution in [3.8, 4) is 0 Å². The van der Waals surface area contributed by atoms with Crippen LogP contribution in [0.15, 0.2) is 42.5 Å². The summed E-state index contributed by atoms with van der Waals surface area (Å²) in [5.41, 5.74) is 7.18. The monoisotopic (exact) mass is 360 g/mol. The second-order valence-corrected chi connectivity index (χ2v) is 9.53. The SMILES string of the molecule is Cc1ccc(Nc2ccc3c(c2)[C@]2(C)CCN(CC4CC4)[C@H](C3)[C@@H]2C)cc1. The van der Waals surface area contributed by atoms with E-state index in [1.807, 2.05) is 0 Å². The van der Waals surface area contributed by atoms with Crippen LogP contribution < -0.4 is 5.32 Å². The number of benzene rings is 2. The smallest absolute Gasteiger partial charge is 0.0387 e. The van der Waals surface area contributed by atoms with Crippen molar-refractivity contribution in [2.45, 2.75) is 57.9 Å². The molecule has 3 atom stereocenters. The van der Waals surface area contributed by atoms with Crippen molar-refractivity contribution in [1.82, 2.24) is 4.90 Å². The van der Waals surface area contributed by atoms with Crippen molar-refractivity contribution in [2.24, 2.45) is 11.8 Å². The number of nitrogens with zero attached hydrogens (tertiary/aromatic N) is 1. The fourth-order valence-electron chi connectivity index (χ4n) is 5.45. The molecule has 5 rings (SSSR count). The van der Waals surface area contributed by atoms with Gasteiger partial charge in [-0.05, 0) is 91.8 Å². The van der Waals surface area contributed by atoms with E-state index >= 15 is 0 Å². The summed E-state index contributed by atoms with van der Waals surface area (Å²) in [6.07, 6.45) is 5.43. The first-order valence-corrected chi connectivity index (χ1v) is 10.7. The Morgan fingerprint density at radius 3 is 2.56 bits per heavy atom. The minimum Gasteiger partial charge on any atom is -0.356 e. The summed E-state index contributed by atoms with van der Waals surface area (Å²) in [7, 11) is 0. The second-order valence-electron chi connectivity index (χ2n) is 9.53. The normalized spacial score (nSPS) is 30.0. The summed E-state index contributed by atoms with van der Waals surface area (Å²) < 4.78 is 0. The zero-order valence-electron chi connectivity index (χ0n) is 17.0. The molecular weight excluding hydrogens is 328 g/mol. The van der Waals surface area contributed by atoms with Gasteiger partial charge in [-0.25, -0.2) is 0 Å². The molecule has 0 aromatic heterocycles. The lowest BCUT2D eigenvalue weighted by molar-refractivity contribution is 0.0284. The number of piperidine rings is 1. The quantitative estimate of drug-likeness (QED) is 0.755. The number of rotatable bonds is 4. The molecule has 2 aromatic carbocycles. The summed E-state index contributed by atoms with van der Waals surface area (Å²) in [5, 5.41) is 3.62. The van der Waals surface area contributed by atoms with Crippen molar-refractivity contribution in [3.05, 3.63) is 59.2 Å². The van der Waals surface area contributed by atoms with Crippen LogP contribution in [0, 0.1) is 18.8 Å². The maximum absolute atomic E-state index is 3.62. The Labute approximate surface area is 164 Å². The Bertz CT molecular complexity index is 836. The first-order valence-electron chi connectivity index (χ1n) is 10.7. The average molecular weight is 361 g/mol. The lowest BCUT2D eigenvalue weighted by Crippen LogP contribution is -2.58. The van der Waals surface area contributed by atoms with Gasteiger partial charge < -0.3 is 5.32 Å². The van der Waals surface area contributed by atoms with Crippen LogP contribution in [0.2, 0.25) is 0 Å². The fourth-order valence-corrected chi connectivity index (χ4v) is 5.45. The van der Waals surface area contributed by atoms with Crippen LogP contribution in [-0.2, 0) is 11.8 Å². The number of nitrogens with one attached hydrogen (secondary N) is 1. The molecule has 2 bridgehead atoms. The van der Waals surface area contributed by atoms with Crippen molar-refractivity contribution in [2.75, 3.05) is 18.4 Å². The van der Waals surface area contributed by atoms with E-state index < -0.39 is 0 Å². The van der Waals surface area contributed by atoms with Crippen molar-refractivity contribution in [3.63, 3.8) is 0 Å². The van der Waals surface area contributed by atoms with Crippen LogP contribution >= 0.6 is 0 Å². The molecule has 1 heterocycles. The predicted octanol–water partition coefficient (Wildman–Crippen LogP) is 5.67. The molecule has 2 nitrogen and oxygen atoms in total. The Morgan fingerprint density at radius 2 is 1.81 bits per heavy atom. The minimum absolute atomic E-state index is 0.309. The molecule has 2 fully saturated rings. The van der Waals surface area contributed by atoms with Gasteiger partial charge in [-0.1, -0.05) is 37.6 Å². The molecule has 1 saturated carbocycles. The molecule has 142 valence electrons. The highest BCUT2D eigenvalue weighted by molar-refractivity contribution is 5.62. The average Bonchev–Trinajstić information content (AvgIpc) is 3.47. The van der Waals surface area contributed by atoms with E-state index in [-0.39, 0.29) is 0 Å². The largest absolute Gasteiger partial charge is 0.356 e. The minimum atomic E-state index is 0.309. The van der Waals surface area contributed by atoms with Crippen LogP contribution in [0.5, 0.6) is 0 Å². The molecule has 0 amide bonds. The Hall–Kier alpha value is -1.80. The number of hydrogen-bond acceptors (Lipinski definition) is 2. The van der Waals surface area contributed by atoms with E-state index in [0.717, 1.165) is 17.9 Å². The first-order chi connectivity index (χ1) is 13.0. The van der Waals surface area contributed by atoms with E-state index in [1.165, 1.54) is 55.7 Å². The van der Waals surface area contributed by atoms with Crippen LogP contribution in [0.3, 0.4) is 0 Å². The molecule has 0 spiro atoms. The van der Waals surface area contributed by atoms with Gasteiger partial charge in [-0.2, -0.15) is 0 Å². The van der Waals surface area contributed by atoms with Crippen LogP contribution in [0.4, 0.5) is 11.4 Å². The van der Waals surface area contributed by atoms with Gasteiger partial charge >= 0.3 is 0 Å². The van der Waals surface area contributed by atoms with Gasteiger partial charge in [-0.15, -0.1) is 0 Å². The first kappa shape index (κ1) is 17.3. The molecule has 2 heteroatoms. The van der Waals surface area contributed by atoms with Crippen LogP contribution in [0.25, 0.3) is 0 Å². The van der Waals surface area contributed by atoms with Crippen molar-refractivity contribution >= 4 is 11.4 Å². The predicted molar refractivity (Wildman–Crippen MR) is 114 cm³/mol. The third-order valence-corrected chi connectivity index (χ3v) is 7.65. The lowest BCUT2D eigenvalue weighted by atomic mass is 9.59. The van der Waals surface area contributed by atoms with E-state index in [2.05, 4.69) is 73.5 Å². The Kier molecular flexibility index (Phi) is 4.09. The molecule has 2 aliphatic carbocycles. The Morgan fingerprint density at radius 1 is 1.07 bits per heavy atom. The lowest BCUT2D eigenvalue weighted by Gasteiger charge is -2.55. The highest BCUT2D eigenvalue weighted by Crippen LogP contribution is 2.50. The number of likely N-dealkylation sites (tertiary alicyclic amines) is 1. The number of fused-ring (bicyclic) bond motifs is 4. The van der Waals surface area contributed by atoms with Crippen LogP contribution in [0.1, 0.15) is 49.8 Å². The van der Waals surface area contributed by atoms with Crippen molar-refractivity contribution < 1.29 is 0 Å². The molecule has 0 radical (unpaired) electrons. The highest BCUT2D eigenvalue weighted by atomic mass is 15.2. The van der Waals surface area contributed by atoms with E-state index in [1.54, 1.807) is 11.1 Å². The van der Waals surface area contributed by atoms with Gasteiger partial charge in [0.1, 0.15) is 0 Å². The van der Waals surface area contributed by atoms with Gasteiger partial charge in [0.2, 0.25) is 0 Å². The van der Waals surface area contributed by atoms with Gasteiger partial charge in [-0.3, -0.25) is 4.90 Å². The van der Waals surface area contributed by atoms with Gasteiger partial charge in [0.15, 0.2) is 0 Å². The molecular formula is C25H32N2.